The van der Waals surface area contributed by atoms with Gasteiger partial charge in [0.15, 0.2) is 11.8 Å². The summed E-state index contributed by atoms with van der Waals surface area (Å²) in [6, 6.07) is 5.31. The smallest absolute Gasteiger partial charge is 0.858 e. The van der Waals surface area contributed by atoms with Crippen LogP contribution in [0.4, 0.5) is 0 Å². The number of aryl methyl sites for hydroxylation is 1. The standard InChI is InChI=1S/C25H28N4O6S.Na/c1-11-15(12(2)26-16(11)13(3)30)20(31)27-17(14-9-7-6-8-10-14)21(32)28-18-22(33)29-19(24(34)35)25(4,5)36-23(18)29;/h6-10,17-19,23,26H,1-5H3,(H,27,31)(H,28,32)(H,34,35);/q;+1/p-1/t17?,18-,19+,23-;/m1./s1. The molecule has 1 aromatic carbocycles. The number of Topliss-reactive ketones (excluding diaryl/α,β-unsaturated/α-hetero) is 1. The van der Waals surface area contributed by atoms with Crippen molar-refractivity contribution in [2.24, 2.45) is 4.99 Å². The van der Waals surface area contributed by atoms with Crippen LogP contribution in [0.25, 0.3) is 0 Å². The molecule has 0 aliphatic carbocycles. The first-order valence-corrected chi connectivity index (χ1v) is 12.3. The number of aliphatic carboxylic acids is 1. The van der Waals surface area contributed by atoms with E-state index in [1.807, 2.05) is 0 Å². The number of aromatic amines is 1. The summed E-state index contributed by atoms with van der Waals surface area (Å²) in [5.74, 6) is -3.13. The number of carboxylic acid groups (broad SMARTS) is 1. The maximum atomic E-state index is 13.4. The van der Waals surface area contributed by atoms with Gasteiger partial charge < -0.3 is 25.4 Å². The summed E-state index contributed by atoms with van der Waals surface area (Å²) in [4.78, 5) is 58.3. The first kappa shape index (κ1) is 29.0. The summed E-state index contributed by atoms with van der Waals surface area (Å²) in [5, 5.41) is 25.0. The van der Waals surface area contributed by atoms with Gasteiger partial charge in [0.25, 0.3) is 0 Å². The molecule has 37 heavy (non-hydrogen) atoms. The average molecular weight is 535 g/mol. The molecule has 2 fully saturated rings. The Morgan fingerprint density at radius 1 is 1.22 bits per heavy atom. The van der Waals surface area contributed by atoms with Crippen LogP contribution in [-0.4, -0.2) is 66.7 Å². The van der Waals surface area contributed by atoms with Crippen molar-refractivity contribution in [1.29, 1.82) is 0 Å². The number of nitrogens with zero attached hydrogens (tertiary/aromatic N) is 2. The number of hydrogen-bond acceptors (Lipinski definition) is 7. The van der Waals surface area contributed by atoms with Crippen LogP contribution in [0.3, 0.4) is 0 Å². The monoisotopic (exact) mass is 534 g/mol. The summed E-state index contributed by atoms with van der Waals surface area (Å²) in [6.07, 6.45) is 0. The summed E-state index contributed by atoms with van der Waals surface area (Å²) in [6.45, 7) is 8.18. The molecule has 0 saturated carbocycles. The van der Waals surface area contributed by atoms with Crippen molar-refractivity contribution < 1.29 is 58.9 Å². The first-order valence-electron chi connectivity index (χ1n) is 11.4. The molecule has 4 atom stereocenters. The van der Waals surface area contributed by atoms with Crippen LogP contribution in [0.1, 0.15) is 59.7 Å². The fraction of sp³-hybridized carbons (Fsp3) is 0.400. The molecular formula is C25H27N4NaO6S. The number of fused-ring (bicyclic) bond motifs is 1. The zero-order valence-corrected chi connectivity index (χ0v) is 24.3. The van der Waals surface area contributed by atoms with E-state index < -0.39 is 51.9 Å². The number of rotatable bonds is 7. The zero-order valence-electron chi connectivity index (χ0n) is 21.5. The number of aromatic nitrogens is 1. The second kappa shape index (κ2) is 10.6. The van der Waals surface area contributed by atoms with Gasteiger partial charge in [-0.2, -0.15) is 0 Å². The number of thioether (sulfide) groups is 1. The second-order valence-corrected chi connectivity index (χ2v) is 11.3. The van der Waals surface area contributed by atoms with E-state index in [1.165, 1.54) is 23.6 Å². The fourth-order valence-corrected chi connectivity index (χ4v) is 6.53. The Balaban J connectivity index is 0.00000380. The van der Waals surface area contributed by atoms with Crippen LogP contribution in [0.2, 0.25) is 0 Å². The molecule has 2 saturated heterocycles. The third-order valence-corrected chi connectivity index (χ3v) is 8.16. The van der Waals surface area contributed by atoms with Gasteiger partial charge in [-0.1, -0.05) is 30.3 Å². The molecule has 4 rings (SSSR count). The van der Waals surface area contributed by atoms with E-state index in [2.05, 4.69) is 15.3 Å². The second-order valence-electron chi connectivity index (χ2n) is 9.51. The normalized spacial score (nSPS) is 22.9. The van der Waals surface area contributed by atoms with Crippen molar-refractivity contribution in [2.45, 2.75) is 62.9 Å². The SMILES string of the molecule is CC(=O)c1[nH]c(C)c(C([O-])=NC(C(=O)N[C@@H]2C(=O)N3[C@@H]2SC(C)(C)[C@@H]3C(=O)O)c2ccccc2)c1C.[Na+]. The Hall–Kier alpha value is -2.60. The number of H-pyrrole nitrogens is 1. The number of carboxylic acids is 1. The van der Waals surface area contributed by atoms with Gasteiger partial charge in [-0.15, -0.1) is 11.8 Å². The molecule has 2 aromatic rings. The number of ketones is 1. The van der Waals surface area contributed by atoms with Gasteiger partial charge >= 0.3 is 35.5 Å². The van der Waals surface area contributed by atoms with E-state index in [0.717, 1.165) is 0 Å². The van der Waals surface area contributed by atoms with E-state index >= 15 is 0 Å². The van der Waals surface area contributed by atoms with Crippen molar-refractivity contribution in [2.75, 3.05) is 0 Å². The molecule has 2 aliphatic heterocycles. The van der Waals surface area contributed by atoms with Gasteiger partial charge in [0.05, 0.1) is 5.69 Å². The predicted octanol–water partition coefficient (Wildman–Crippen LogP) is -1.68. The third kappa shape index (κ3) is 5.09. The molecule has 2 amide bonds. The van der Waals surface area contributed by atoms with Crippen molar-refractivity contribution >= 4 is 41.2 Å². The largest absolute Gasteiger partial charge is 1.00 e. The Morgan fingerprint density at radius 3 is 2.38 bits per heavy atom. The van der Waals surface area contributed by atoms with Crippen molar-refractivity contribution in [3.8, 4) is 0 Å². The van der Waals surface area contributed by atoms with Crippen molar-refractivity contribution in [1.82, 2.24) is 15.2 Å². The van der Waals surface area contributed by atoms with Crippen LogP contribution >= 0.6 is 11.8 Å². The number of carbonyl (C=O) groups excluding carboxylic acids is 3. The summed E-state index contributed by atoms with van der Waals surface area (Å²) >= 11 is 1.31. The summed E-state index contributed by atoms with van der Waals surface area (Å²) < 4.78 is -0.734. The number of amides is 2. The van der Waals surface area contributed by atoms with Gasteiger partial charge in [0.1, 0.15) is 17.5 Å². The molecule has 12 heteroatoms. The molecule has 0 radical (unpaired) electrons. The average Bonchev–Trinajstić information content (AvgIpc) is 3.26. The quantitative estimate of drug-likeness (QED) is 0.126. The van der Waals surface area contributed by atoms with Crippen LogP contribution < -0.4 is 40.0 Å². The minimum Gasteiger partial charge on any atom is -0.858 e. The number of hydrogen-bond donors (Lipinski definition) is 3. The van der Waals surface area contributed by atoms with Crippen LogP contribution in [0, 0.1) is 13.8 Å². The van der Waals surface area contributed by atoms with Gasteiger partial charge in [-0.3, -0.25) is 19.4 Å². The topological polar surface area (TPSA) is 155 Å². The van der Waals surface area contributed by atoms with Gasteiger partial charge in [-0.05, 0) is 44.7 Å². The molecular weight excluding hydrogens is 507 g/mol. The number of aliphatic imine (C=N–C) groups is 1. The molecule has 190 valence electrons. The maximum Gasteiger partial charge on any atom is 1.00 e. The predicted molar refractivity (Wildman–Crippen MR) is 132 cm³/mol. The van der Waals surface area contributed by atoms with E-state index in [4.69, 9.17) is 0 Å². The van der Waals surface area contributed by atoms with E-state index in [9.17, 15) is 29.4 Å². The van der Waals surface area contributed by atoms with Crippen molar-refractivity contribution in [3.05, 3.63) is 58.4 Å². The molecule has 2 aliphatic rings. The maximum absolute atomic E-state index is 13.4. The summed E-state index contributed by atoms with van der Waals surface area (Å²) in [5.41, 5.74) is 1.90. The van der Waals surface area contributed by atoms with Crippen LogP contribution in [0.15, 0.2) is 35.3 Å². The minimum atomic E-state index is -1.25. The Labute approximate surface area is 240 Å². The first-order chi connectivity index (χ1) is 16.8. The van der Waals surface area contributed by atoms with Crippen LogP contribution in [0.5, 0.6) is 0 Å². The number of carbonyl (C=O) groups is 4. The molecule has 0 spiro atoms. The van der Waals surface area contributed by atoms with Gasteiger partial charge in [0, 0.05) is 22.9 Å². The number of β-lactam (4-membered cyclic amide) rings is 1. The number of nitrogens with one attached hydrogen (secondary N) is 2. The Kier molecular flexibility index (Phi) is 8.33. The molecule has 0 bridgehead atoms. The fourth-order valence-electron chi connectivity index (χ4n) is 4.90. The van der Waals surface area contributed by atoms with Crippen LogP contribution in [-0.2, 0) is 14.4 Å². The molecule has 3 heterocycles. The van der Waals surface area contributed by atoms with Crippen molar-refractivity contribution in [3.63, 3.8) is 0 Å². The Bertz CT molecular complexity index is 1290. The van der Waals surface area contributed by atoms with E-state index in [0.29, 0.717) is 22.5 Å². The van der Waals surface area contributed by atoms with E-state index in [-0.39, 0.29) is 40.9 Å². The van der Waals surface area contributed by atoms with Gasteiger partial charge in [0.2, 0.25) is 11.8 Å². The molecule has 1 aromatic heterocycles. The number of benzene rings is 1. The summed E-state index contributed by atoms with van der Waals surface area (Å²) in [7, 11) is 0. The Morgan fingerprint density at radius 2 is 1.84 bits per heavy atom. The molecule has 10 nitrogen and oxygen atoms in total. The zero-order chi connectivity index (χ0) is 26.5. The molecule has 3 N–H and O–H groups in total. The third-order valence-electron chi connectivity index (χ3n) is 6.59. The van der Waals surface area contributed by atoms with E-state index in [1.54, 1.807) is 58.0 Å². The minimum absolute atomic E-state index is 0. The van der Waals surface area contributed by atoms with Gasteiger partial charge in [-0.25, -0.2) is 4.79 Å². The molecule has 1 unspecified atom stereocenters.